The van der Waals surface area contributed by atoms with Gasteiger partial charge >= 0.3 is 0 Å². The third kappa shape index (κ3) is 5.17. The van der Waals surface area contributed by atoms with Crippen LogP contribution in [0.4, 0.5) is 5.69 Å². The van der Waals surface area contributed by atoms with Gasteiger partial charge in [0, 0.05) is 13.1 Å². The van der Waals surface area contributed by atoms with E-state index in [0.717, 1.165) is 37.9 Å². The van der Waals surface area contributed by atoms with E-state index in [2.05, 4.69) is 5.32 Å². The van der Waals surface area contributed by atoms with Crippen LogP contribution in [0.15, 0.2) is 48.5 Å². The fourth-order valence-corrected chi connectivity index (χ4v) is 3.28. The molecule has 2 amide bonds. The number of benzene rings is 2. The van der Waals surface area contributed by atoms with Crippen molar-refractivity contribution in [3.63, 3.8) is 0 Å². The second-order valence-electron chi connectivity index (χ2n) is 6.83. The van der Waals surface area contributed by atoms with Crippen LogP contribution in [0.2, 0.25) is 0 Å². The number of carbonyl (C=O) groups excluding carboxylic acids is 2. The molecule has 5 nitrogen and oxygen atoms in total. The fraction of sp³-hybridized carbons (Fsp3) is 0.364. The topological polar surface area (TPSA) is 58.6 Å². The number of nitrogens with zero attached hydrogens (tertiary/aromatic N) is 1. The number of carbonyl (C=O) groups is 2. The van der Waals surface area contributed by atoms with Crippen LogP contribution in [-0.2, 0) is 16.0 Å². The lowest BCUT2D eigenvalue weighted by Crippen LogP contribution is -2.29. The number of ether oxygens (including phenoxy) is 1. The van der Waals surface area contributed by atoms with Gasteiger partial charge in [-0.2, -0.15) is 0 Å². The Balaban J connectivity index is 1.56. The first-order valence-corrected chi connectivity index (χ1v) is 9.45. The molecule has 2 aromatic carbocycles. The maximum atomic E-state index is 12.8. The van der Waals surface area contributed by atoms with E-state index in [9.17, 15) is 9.59 Å². The highest BCUT2D eigenvalue weighted by atomic mass is 16.5. The highest BCUT2D eigenvalue weighted by molar-refractivity contribution is 6.04. The van der Waals surface area contributed by atoms with Crippen molar-refractivity contribution in [1.29, 1.82) is 0 Å². The molecular weight excluding hydrogens is 340 g/mol. The van der Waals surface area contributed by atoms with E-state index in [1.807, 2.05) is 54.3 Å². The van der Waals surface area contributed by atoms with Gasteiger partial charge in [0.15, 0.2) is 0 Å². The van der Waals surface area contributed by atoms with E-state index in [1.165, 1.54) is 5.56 Å². The molecule has 3 rings (SSSR count). The van der Waals surface area contributed by atoms with Gasteiger partial charge in [0.05, 0.1) is 17.9 Å². The molecule has 27 heavy (non-hydrogen) atoms. The van der Waals surface area contributed by atoms with E-state index >= 15 is 0 Å². The zero-order valence-corrected chi connectivity index (χ0v) is 15.7. The van der Waals surface area contributed by atoms with Crippen molar-refractivity contribution in [2.45, 2.75) is 26.2 Å². The summed E-state index contributed by atoms with van der Waals surface area (Å²) >= 11 is 0. The van der Waals surface area contributed by atoms with Gasteiger partial charge in [-0.05, 0) is 43.4 Å². The third-order valence-electron chi connectivity index (χ3n) is 4.77. The summed E-state index contributed by atoms with van der Waals surface area (Å²) in [5, 5.41) is 2.87. The monoisotopic (exact) mass is 366 g/mol. The average molecular weight is 366 g/mol. The van der Waals surface area contributed by atoms with Crippen molar-refractivity contribution in [2.24, 2.45) is 0 Å². The molecule has 1 saturated heterocycles. The number of rotatable bonds is 7. The van der Waals surface area contributed by atoms with E-state index < -0.39 is 0 Å². The molecule has 1 heterocycles. The Bertz CT molecular complexity index is 783. The van der Waals surface area contributed by atoms with Crippen molar-refractivity contribution < 1.29 is 14.3 Å². The smallest absolute Gasteiger partial charge is 0.255 e. The summed E-state index contributed by atoms with van der Waals surface area (Å²) < 4.78 is 5.50. The van der Waals surface area contributed by atoms with Gasteiger partial charge in [0.25, 0.3) is 5.91 Å². The van der Waals surface area contributed by atoms with Crippen LogP contribution < -0.4 is 5.32 Å². The lowest BCUT2D eigenvalue weighted by molar-refractivity contribution is -0.120. The summed E-state index contributed by atoms with van der Waals surface area (Å²) in [6.45, 7) is 3.90. The van der Waals surface area contributed by atoms with Crippen LogP contribution in [0.1, 0.15) is 34.3 Å². The van der Waals surface area contributed by atoms with Crippen LogP contribution >= 0.6 is 0 Å². The van der Waals surface area contributed by atoms with Crippen molar-refractivity contribution in [3.8, 4) is 0 Å². The molecule has 1 N–H and O–H groups in total. The van der Waals surface area contributed by atoms with Crippen LogP contribution in [0, 0.1) is 6.92 Å². The van der Waals surface area contributed by atoms with Gasteiger partial charge in [-0.25, -0.2) is 0 Å². The Morgan fingerprint density at radius 1 is 1.04 bits per heavy atom. The number of hydrogen-bond donors (Lipinski definition) is 1. The molecule has 142 valence electrons. The minimum Gasteiger partial charge on any atom is -0.371 e. The average Bonchev–Trinajstić information content (AvgIpc) is 3.22. The van der Waals surface area contributed by atoms with Gasteiger partial charge in [0.2, 0.25) is 5.91 Å². The molecule has 5 heteroatoms. The van der Waals surface area contributed by atoms with Gasteiger partial charge in [-0.15, -0.1) is 0 Å². The summed E-state index contributed by atoms with van der Waals surface area (Å²) in [7, 11) is 0. The quantitative estimate of drug-likeness (QED) is 0.764. The largest absolute Gasteiger partial charge is 0.371 e. The molecule has 0 atom stereocenters. The lowest BCUT2D eigenvalue weighted by Gasteiger charge is -2.19. The van der Waals surface area contributed by atoms with Gasteiger partial charge in [0.1, 0.15) is 6.61 Å². The number of anilines is 1. The standard InChI is InChI=1S/C22H26N2O3/c1-17-8-7-11-19(22(26)24-13-5-6-14-24)21(17)23-20(25)16-27-15-12-18-9-3-2-4-10-18/h2-4,7-11H,5-6,12-16H2,1H3,(H,23,25). The molecule has 0 aromatic heterocycles. The predicted octanol–water partition coefficient (Wildman–Crippen LogP) is 3.43. The molecule has 0 unspecified atom stereocenters. The third-order valence-corrected chi connectivity index (χ3v) is 4.77. The zero-order chi connectivity index (χ0) is 19.1. The summed E-state index contributed by atoms with van der Waals surface area (Å²) in [6.07, 6.45) is 2.83. The lowest BCUT2D eigenvalue weighted by atomic mass is 10.1. The molecule has 0 spiro atoms. The summed E-state index contributed by atoms with van der Waals surface area (Å²) in [4.78, 5) is 26.9. The number of amides is 2. The molecule has 1 aliphatic rings. The SMILES string of the molecule is Cc1cccc(C(=O)N2CCCC2)c1NC(=O)COCCc1ccccc1. The minimum absolute atomic E-state index is 0.0171. The maximum Gasteiger partial charge on any atom is 0.255 e. The Labute approximate surface area is 160 Å². The first-order chi connectivity index (χ1) is 13.1. The summed E-state index contributed by atoms with van der Waals surface area (Å²) in [5.74, 6) is -0.260. The second-order valence-corrected chi connectivity index (χ2v) is 6.83. The van der Waals surface area contributed by atoms with E-state index in [-0.39, 0.29) is 18.4 Å². The molecule has 0 saturated carbocycles. The molecule has 1 fully saturated rings. The highest BCUT2D eigenvalue weighted by Gasteiger charge is 2.23. The van der Waals surface area contributed by atoms with E-state index in [0.29, 0.717) is 17.9 Å². The van der Waals surface area contributed by atoms with Gasteiger partial charge in [-0.1, -0.05) is 42.5 Å². The van der Waals surface area contributed by atoms with Crippen LogP contribution in [0.3, 0.4) is 0 Å². The number of likely N-dealkylation sites (tertiary alicyclic amines) is 1. The normalized spacial score (nSPS) is 13.6. The number of para-hydroxylation sites is 1. The Hall–Kier alpha value is -2.66. The van der Waals surface area contributed by atoms with Crippen LogP contribution in [0.5, 0.6) is 0 Å². The molecule has 2 aromatic rings. The van der Waals surface area contributed by atoms with Gasteiger partial charge < -0.3 is 15.0 Å². The highest BCUT2D eigenvalue weighted by Crippen LogP contribution is 2.24. The second kappa shape index (κ2) is 9.33. The minimum atomic E-state index is -0.243. The van der Waals surface area contributed by atoms with Crippen LogP contribution in [-0.4, -0.2) is 43.0 Å². The van der Waals surface area contributed by atoms with Crippen molar-refractivity contribution in [2.75, 3.05) is 31.6 Å². The van der Waals surface area contributed by atoms with Crippen molar-refractivity contribution in [3.05, 3.63) is 65.2 Å². The first-order valence-electron chi connectivity index (χ1n) is 9.45. The summed E-state index contributed by atoms with van der Waals surface area (Å²) in [6, 6.07) is 15.5. The van der Waals surface area contributed by atoms with Crippen LogP contribution in [0.25, 0.3) is 0 Å². The number of nitrogens with one attached hydrogen (secondary N) is 1. The first kappa shape index (κ1) is 19.1. The Morgan fingerprint density at radius 3 is 2.52 bits per heavy atom. The van der Waals surface area contributed by atoms with E-state index in [4.69, 9.17) is 4.74 Å². The maximum absolute atomic E-state index is 12.8. The molecular formula is C22H26N2O3. The molecule has 0 bridgehead atoms. The Morgan fingerprint density at radius 2 is 1.78 bits per heavy atom. The predicted molar refractivity (Wildman–Crippen MR) is 106 cm³/mol. The van der Waals surface area contributed by atoms with Crippen molar-refractivity contribution in [1.82, 2.24) is 4.90 Å². The van der Waals surface area contributed by atoms with Crippen molar-refractivity contribution >= 4 is 17.5 Å². The van der Waals surface area contributed by atoms with E-state index in [1.54, 1.807) is 6.07 Å². The number of aryl methyl sites for hydroxylation is 1. The Kier molecular flexibility index (Phi) is 6.60. The number of hydrogen-bond acceptors (Lipinski definition) is 3. The fourth-order valence-electron chi connectivity index (χ4n) is 3.28. The molecule has 1 aliphatic heterocycles. The van der Waals surface area contributed by atoms with Gasteiger partial charge in [-0.3, -0.25) is 9.59 Å². The summed E-state index contributed by atoms with van der Waals surface area (Å²) in [5.41, 5.74) is 3.19. The molecule has 0 aliphatic carbocycles. The zero-order valence-electron chi connectivity index (χ0n) is 15.7. The molecule has 0 radical (unpaired) electrons.